The van der Waals surface area contributed by atoms with Crippen molar-refractivity contribution in [2.24, 2.45) is 0 Å². The van der Waals surface area contributed by atoms with Gasteiger partial charge in [0.2, 0.25) is 0 Å². The first-order valence-electron chi connectivity index (χ1n) is 9.96. The Morgan fingerprint density at radius 2 is 1.69 bits per heavy atom. The second-order valence-corrected chi connectivity index (χ2v) is 9.04. The summed E-state index contributed by atoms with van der Waals surface area (Å²) in [7, 11) is 0. The summed E-state index contributed by atoms with van der Waals surface area (Å²) in [6, 6.07) is 16.3. The van der Waals surface area contributed by atoms with E-state index < -0.39 is 5.60 Å². The maximum absolute atomic E-state index is 12.2. The average molecular weight is 461 g/mol. The molecule has 0 spiro atoms. The lowest BCUT2D eigenvalue weighted by Gasteiger charge is -2.35. The second-order valence-electron chi connectivity index (χ2n) is 8.25. The van der Waals surface area contributed by atoms with Crippen LogP contribution >= 0.6 is 15.9 Å². The number of nitrogens with zero attached hydrogens (tertiary/aromatic N) is 2. The second kappa shape index (κ2) is 9.63. The molecule has 0 saturated carbocycles. The quantitative estimate of drug-likeness (QED) is 0.623. The molecular weight excluding hydrogens is 432 g/mol. The van der Waals surface area contributed by atoms with Crippen LogP contribution in [0.25, 0.3) is 0 Å². The summed E-state index contributed by atoms with van der Waals surface area (Å²) in [6.45, 7) is 10.0. The molecule has 5 nitrogen and oxygen atoms in total. The van der Waals surface area contributed by atoms with E-state index in [-0.39, 0.29) is 6.09 Å². The third-order valence-electron chi connectivity index (χ3n) is 4.70. The molecule has 1 amide bonds. The van der Waals surface area contributed by atoms with Crippen molar-refractivity contribution in [1.82, 2.24) is 9.80 Å². The summed E-state index contributed by atoms with van der Waals surface area (Å²) in [4.78, 5) is 16.4. The van der Waals surface area contributed by atoms with Gasteiger partial charge in [-0.05, 0) is 53.9 Å². The molecule has 0 atom stereocenters. The van der Waals surface area contributed by atoms with Crippen LogP contribution in [0.15, 0.2) is 53.0 Å². The predicted molar refractivity (Wildman–Crippen MR) is 118 cm³/mol. The number of carbonyl (C=O) groups is 1. The minimum absolute atomic E-state index is 0.227. The Balaban J connectivity index is 1.54. The van der Waals surface area contributed by atoms with Crippen LogP contribution < -0.4 is 4.74 Å². The summed E-state index contributed by atoms with van der Waals surface area (Å²) in [5.74, 6) is 0.846. The third kappa shape index (κ3) is 6.47. The zero-order valence-electron chi connectivity index (χ0n) is 17.4. The lowest BCUT2D eigenvalue weighted by molar-refractivity contribution is 0.0139. The van der Waals surface area contributed by atoms with E-state index in [0.717, 1.165) is 35.4 Å². The molecule has 1 saturated heterocycles. The van der Waals surface area contributed by atoms with Gasteiger partial charge in [0.05, 0.1) is 4.47 Å². The number of halogens is 1. The van der Waals surface area contributed by atoms with Crippen LogP contribution in [-0.4, -0.2) is 47.7 Å². The molecule has 0 aromatic heterocycles. The first-order valence-corrected chi connectivity index (χ1v) is 10.8. The van der Waals surface area contributed by atoms with Crippen molar-refractivity contribution >= 4 is 22.0 Å². The molecular formula is C23H29BrN2O3. The van der Waals surface area contributed by atoms with E-state index >= 15 is 0 Å². The molecule has 1 aliphatic heterocycles. The van der Waals surface area contributed by atoms with Crippen molar-refractivity contribution in [3.63, 3.8) is 0 Å². The van der Waals surface area contributed by atoms with Crippen LogP contribution in [0.2, 0.25) is 0 Å². The Morgan fingerprint density at radius 3 is 2.34 bits per heavy atom. The molecule has 2 aromatic rings. The van der Waals surface area contributed by atoms with Crippen molar-refractivity contribution in [3.8, 4) is 5.75 Å². The molecule has 1 heterocycles. The molecule has 2 aromatic carbocycles. The normalized spacial score (nSPS) is 15.2. The van der Waals surface area contributed by atoms with Crippen molar-refractivity contribution in [1.29, 1.82) is 0 Å². The highest BCUT2D eigenvalue weighted by Crippen LogP contribution is 2.30. The zero-order valence-corrected chi connectivity index (χ0v) is 18.9. The molecule has 0 aliphatic carbocycles. The third-order valence-corrected chi connectivity index (χ3v) is 5.60. The number of hydrogen-bond donors (Lipinski definition) is 0. The van der Waals surface area contributed by atoms with Crippen LogP contribution in [0, 0.1) is 0 Å². The van der Waals surface area contributed by atoms with Gasteiger partial charge in [-0.15, -0.1) is 0 Å². The Bertz CT molecular complexity index is 813. The molecule has 1 aliphatic rings. The van der Waals surface area contributed by atoms with Gasteiger partial charge in [0.25, 0.3) is 0 Å². The minimum Gasteiger partial charge on any atom is -0.488 e. The number of hydrogen-bond acceptors (Lipinski definition) is 4. The van der Waals surface area contributed by atoms with E-state index in [2.05, 4.69) is 39.0 Å². The van der Waals surface area contributed by atoms with E-state index in [1.807, 2.05) is 51.1 Å². The Kier molecular flexibility index (Phi) is 7.19. The van der Waals surface area contributed by atoms with E-state index in [1.54, 1.807) is 4.90 Å². The molecule has 0 unspecified atom stereocenters. The first kappa shape index (κ1) is 21.7. The van der Waals surface area contributed by atoms with Gasteiger partial charge >= 0.3 is 6.09 Å². The van der Waals surface area contributed by atoms with Crippen molar-refractivity contribution in [2.75, 3.05) is 26.2 Å². The smallest absolute Gasteiger partial charge is 0.410 e. The van der Waals surface area contributed by atoms with Gasteiger partial charge in [-0.2, -0.15) is 0 Å². The molecule has 3 rings (SSSR count). The Morgan fingerprint density at radius 1 is 1.00 bits per heavy atom. The number of piperazine rings is 1. The largest absolute Gasteiger partial charge is 0.488 e. The van der Waals surface area contributed by atoms with Crippen molar-refractivity contribution in [2.45, 2.75) is 39.5 Å². The molecule has 0 bridgehead atoms. The predicted octanol–water partition coefficient (Wildman–Crippen LogP) is 5.08. The number of benzene rings is 2. The van der Waals surface area contributed by atoms with Gasteiger partial charge in [-0.1, -0.05) is 42.5 Å². The molecule has 0 radical (unpaired) electrons. The fourth-order valence-electron chi connectivity index (χ4n) is 3.18. The minimum atomic E-state index is -0.459. The SMILES string of the molecule is CC(C)(C)OC(=O)N1CCN(Cc2cccc(OCc3ccccc3)c2Br)CC1. The van der Waals surface area contributed by atoms with E-state index in [9.17, 15) is 4.79 Å². The number of carbonyl (C=O) groups excluding carboxylic acids is 1. The highest BCUT2D eigenvalue weighted by atomic mass is 79.9. The van der Waals surface area contributed by atoms with E-state index in [1.165, 1.54) is 5.56 Å². The van der Waals surface area contributed by atoms with Gasteiger partial charge < -0.3 is 14.4 Å². The molecule has 29 heavy (non-hydrogen) atoms. The van der Waals surface area contributed by atoms with Crippen LogP contribution in [0.4, 0.5) is 4.79 Å². The molecule has 1 fully saturated rings. The topological polar surface area (TPSA) is 42.0 Å². The number of rotatable bonds is 5. The van der Waals surface area contributed by atoms with Gasteiger partial charge in [0, 0.05) is 32.7 Å². The summed E-state index contributed by atoms with van der Waals surface area (Å²) in [6.07, 6.45) is -0.227. The van der Waals surface area contributed by atoms with Crippen LogP contribution in [0.5, 0.6) is 5.75 Å². The van der Waals surface area contributed by atoms with Gasteiger partial charge in [-0.3, -0.25) is 4.90 Å². The highest BCUT2D eigenvalue weighted by molar-refractivity contribution is 9.10. The summed E-state index contributed by atoms with van der Waals surface area (Å²) < 4.78 is 12.5. The van der Waals surface area contributed by atoms with Crippen LogP contribution in [0.3, 0.4) is 0 Å². The lowest BCUT2D eigenvalue weighted by Crippen LogP contribution is -2.49. The maximum Gasteiger partial charge on any atom is 0.410 e. The van der Waals surface area contributed by atoms with E-state index in [4.69, 9.17) is 9.47 Å². The van der Waals surface area contributed by atoms with Crippen molar-refractivity contribution < 1.29 is 14.3 Å². The first-order chi connectivity index (χ1) is 13.8. The maximum atomic E-state index is 12.2. The van der Waals surface area contributed by atoms with E-state index in [0.29, 0.717) is 19.7 Å². The monoisotopic (exact) mass is 460 g/mol. The van der Waals surface area contributed by atoms with Gasteiger partial charge in [0.1, 0.15) is 18.0 Å². The fourth-order valence-corrected chi connectivity index (χ4v) is 3.69. The summed E-state index contributed by atoms with van der Waals surface area (Å²) in [5.41, 5.74) is 1.86. The molecule has 156 valence electrons. The lowest BCUT2D eigenvalue weighted by atomic mass is 10.2. The molecule has 0 N–H and O–H groups in total. The average Bonchev–Trinajstić information content (AvgIpc) is 2.69. The van der Waals surface area contributed by atoms with Crippen LogP contribution in [0.1, 0.15) is 31.9 Å². The van der Waals surface area contributed by atoms with Gasteiger partial charge in [-0.25, -0.2) is 4.79 Å². The van der Waals surface area contributed by atoms with Crippen LogP contribution in [-0.2, 0) is 17.9 Å². The highest BCUT2D eigenvalue weighted by Gasteiger charge is 2.26. The number of ether oxygens (including phenoxy) is 2. The Hall–Kier alpha value is -2.05. The fraction of sp³-hybridized carbons (Fsp3) is 0.435. The number of amides is 1. The zero-order chi connectivity index (χ0) is 20.9. The Labute approximate surface area is 181 Å². The summed E-state index contributed by atoms with van der Waals surface area (Å²) >= 11 is 3.71. The van der Waals surface area contributed by atoms with Crippen molar-refractivity contribution in [3.05, 3.63) is 64.1 Å². The van der Waals surface area contributed by atoms with Gasteiger partial charge in [0.15, 0.2) is 0 Å². The standard InChI is InChI=1S/C23H29BrN2O3/c1-23(2,3)29-22(27)26-14-12-25(13-15-26)16-19-10-7-11-20(21(19)24)28-17-18-8-5-4-6-9-18/h4-11H,12-17H2,1-3H3. The summed E-state index contributed by atoms with van der Waals surface area (Å²) in [5, 5.41) is 0. The molecule has 6 heteroatoms.